The maximum atomic E-state index is 13.1. The van der Waals surface area contributed by atoms with Crippen LogP contribution >= 0.6 is 0 Å². The minimum absolute atomic E-state index is 0.0139. The zero-order valence-corrected chi connectivity index (χ0v) is 25.9. The standard InChI is InChI=1S/C35H41N5O3/c1-23-28(8-7-9-29(23)38-32(41)24-10-12-26(13-11-24)34(2,3)4)25-20-30(33(42)39(6)22-25)37-31-15-14-27(21-36-31)40-18-16-35(5,43)17-19-40/h7-15,20-22,43H,16-19H2,1-6H3,(H,36,37)(H,38,41). The van der Waals surface area contributed by atoms with Gasteiger partial charge in [-0.25, -0.2) is 4.98 Å². The number of aliphatic hydroxyl groups is 1. The summed E-state index contributed by atoms with van der Waals surface area (Å²) in [5.41, 5.74) is 5.74. The van der Waals surface area contributed by atoms with Gasteiger partial charge in [0.2, 0.25) is 0 Å². The first kappa shape index (κ1) is 30.0. The van der Waals surface area contributed by atoms with E-state index in [2.05, 4.69) is 41.3 Å². The monoisotopic (exact) mass is 579 g/mol. The van der Waals surface area contributed by atoms with E-state index >= 15 is 0 Å². The maximum absolute atomic E-state index is 13.1. The molecule has 0 saturated carbocycles. The minimum Gasteiger partial charge on any atom is -0.390 e. The van der Waals surface area contributed by atoms with Gasteiger partial charge in [-0.2, -0.15) is 0 Å². The summed E-state index contributed by atoms with van der Waals surface area (Å²) in [6.45, 7) is 11.8. The summed E-state index contributed by atoms with van der Waals surface area (Å²) in [4.78, 5) is 32.9. The Morgan fingerprint density at radius 1 is 1.00 bits per heavy atom. The Kier molecular flexibility index (Phi) is 8.16. The van der Waals surface area contributed by atoms with Gasteiger partial charge >= 0.3 is 0 Å². The van der Waals surface area contributed by atoms with Crippen LogP contribution in [-0.4, -0.2) is 39.3 Å². The van der Waals surface area contributed by atoms with Crippen LogP contribution in [0.5, 0.6) is 0 Å². The molecule has 8 nitrogen and oxygen atoms in total. The number of aryl methyl sites for hydroxylation is 1. The molecule has 0 spiro atoms. The zero-order valence-electron chi connectivity index (χ0n) is 25.9. The number of carbonyl (C=O) groups excluding carboxylic acids is 1. The van der Waals surface area contributed by atoms with E-state index in [4.69, 9.17) is 0 Å². The van der Waals surface area contributed by atoms with Crippen molar-refractivity contribution in [3.05, 3.63) is 100 Å². The van der Waals surface area contributed by atoms with Crippen molar-refractivity contribution in [1.82, 2.24) is 9.55 Å². The average Bonchev–Trinajstić information content (AvgIpc) is 2.96. The molecule has 2 aromatic carbocycles. The van der Waals surface area contributed by atoms with E-state index in [9.17, 15) is 14.7 Å². The summed E-state index contributed by atoms with van der Waals surface area (Å²) >= 11 is 0. The van der Waals surface area contributed by atoms with Crippen LogP contribution in [0.3, 0.4) is 0 Å². The molecule has 5 rings (SSSR count). The molecule has 1 fully saturated rings. The molecule has 0 radical (unpaired) electrons. The molecule has 224 valence electrons. The number of rotatable bonds is 6. The Hall–Kier alpha value is -4.43. The molecule has 43 heavy (non-hydrogen) atoms. The Morgan fingerprint density at radius 3 is 2.33 bits per heavy atom. The molecule has 3 heterocycles. The molecule has 2 aromatic heterocycles. The third-order valence-electron chi connectivity index (χ3n) is 8.31. The van der Waals surface area contributed by atoms with Crippen molar-refractivity contribution in [3.8, 4) is 11.1 Å². The number of pyridine rings is 2. The number of hydrogen-bond donors (Lipinski definition) is 3. The van der Waals surface area contributed by atoms with Crippen LogP contribution in [0.4, 0.5) is 22.9 Å². The molecule has 8 heteroatoms. The van der Waals surface area contributed by atoms with E-state index in [0.29, 0.717) is 35.6 Å². The van der Waals surface area contributed by atoms with E-state index in [1.807, 2.05) is 74.5 Å². The fraction of sp³-hybridized carbons (Fsp3) is 0.343. The van der Waals surface area contributed by atoms with Gasteiger partial charge in [-0.05, 0) is 85.2 Å². The largest absolute Gasteiger partial charge is 0.390 e. The predicted octanol–water partition coefficient (Wildman–Crippen LogP) is 6.40. The van der Waals surface area contributed by atoms with Gasteiger partial charge in [-0.1, -0.05) is 45.0 Å². The molecule has 3 N–H and O–H groups in total. The Balaban J connectivity index is 1.35. The number of benzene rings is 2. The first-order chi connectivity index (χ1) is 20.3. The predicted molar refractivity (Wildman–Crippen MR) is 175 cm³/mol. The highest BCUT2D eigenvalue weighted by molar-refractivity contribution is 6.05. The van der Waals surface area contributed by atoms with E-state index in [1.54, 1.807) is 24.0 Å². The first-order valence-corrected chi connectivity index (χ1v) is 14.7. The van der Waals surface area contributed by atoms with Crippen LogP contribution in [0.15, 0.2) is 77.9 Å². The first-order valence-electron chi connectivity index (χ1n) is 14.7. The molecule has 1 aliphatic heterocycles. The number of nitrogens with zero attached hydrogens (tertiary/aromatic N) is 3. The van der Waals surface area contributed by atoms with E-state index < -0.39 is 5.60 Å². The fourth-order valence-electron chi connectivity index (χ4n) is 5.38. The SMILES string of the molecule is Cc1c(NC(=O)c2ccc(C(C)(C)C)cc2)cccc1-c1cc(Nc2ccc(N3CCC(C)(O)CC3)cn2)c(=O)n(C)c1. The number of hydrogen-bond acceptors (Lipinski definition) is 6. The molecule has 1 amide bonds. The molecule has 1 saturated heterocycles. The summed E-state index contributed by atoms with van der Waals surface area (Å²) in [7, 11) is 1.72. The van der Waals surface area contributed by atoms with Gasteiger partial charge in [0.1, 0.15) is 11.5 Å². The van der Waals surface area contributed by atoms with E-state index in [1.165, 1.54) is 5.56 Å². The quantitative estimate of drug-likeness (QED) is 0.245. The molecule has 0 unspecified atom stereocenters. The second-order valence-electron chi connectivity index (χ2n) is 12.8. The molecule has 0 atom stereocenters. The van der Waals surface area contributed by atoms with Crippen molar-refractivity contribution in [2.75, 3.05) is 28.6 Å². The fourth-order valence-corrected chi connectivity index (χ4v) is 5.38. The highest BCUT2D eigenvalue weighted by atomic mass is 16.3. The van der Waals surface area contributed by atoms with E-state index in [0.717, 1.165) is 35.5 Å². The number of amides is 1. The summed E-state index contributed by atoms with van der Waals surface area (Å²) < 4.78 is 1.55. The number of carbonyl (C=O) groups is 1. The highest BCUT2D eigenvalue weighted by Crippen LogP contribution is 2.31. The summed E-state index contributed by atoms with van der Waals surface area (Å²) in [5.74, 6) is 0.394. The van der Waals surface area contributed by atoms with Gasteiger partial charge in [-0.3, -0.25) is 9.59 Å². The van der Waals surface area contributed by atoms with Gasteiger partial charge in [0.05, 0.1) is 17.5 Å². The third-order valence-corrected chi connectivity index (χ3v) is 8.31. The van der Waals surface area contributed by atoms with Crippen LogP contribution in [0, 0.1) is 6.92 Å². The van der Waals surface area contributed by atoms with Crippen molar-refractivity contribution in [2.45, 2.75) is 58.5 Å². The number of anilines is 4. The lowest BCUT2D eigenvalue weighted by Gasteiger charge is -2.37. The molecule has 1 aliphatic rings. The second-order valence-corrected chi connectivity index (χ2v) is 12.8. The van der Waals surface area contributed by atoms with Gasteiger partial charge in [0, 0.05) is 43.1 Å². The molecule has 4 aromatic rings. The maximum Gasteiger partial charge on any atom is 0.274 e. The molecular formula is C35H41N5O3. The lowest BCUT2D eigenvalue weighted by molar-refractivity contribution is 0.0351. The van der Waals surface area contributed by atoms with Crippen LogP contribution in [0.1, 0.15) is 62.0 Å². The zero-order chi connectivity index (χ0) is 30.9. The highest BCUT2D eigenvalue weighted by Gasteiger charge is 2.27. The van der Waals surface area contributed by atoms with Crippen molar-refractivity contribution in [2.24, 2.45) is 7.05 Å². The number of piperidine rings is 1. The smallest absolute Gasteiger partial charge is 0.274 e. The second kappa shape index (κ2) is 11.7. The lowest BCUT2D eigenvalue weighted by Crippen LogP contribution is -2.42. The lowest BCUT2D eigenvalue weighted by atomic mass is 9.86. The van der Waals surface area contributed by atoms with Crippen LogP contribution in [0.2, 0.25) is 0 Å². The normalized spacial score (nSPS) is 14.8. The Morgan fingerprint density at radius 2 is 1.70 bits per heavy atom. The third kappa shape index (κ3) is 6.81. The average molecular weight is 580 g/mol. The summed E-state index contributed by atoms with van der Waals surface area (Å²) in [6, 6.07) is 19.2. The van der Waals surface area contributed by atoms with Crippen molar-refractivity contribution in [1.29, 1.82) is 0 Å². The topological polar surface area (TPSA) is 99.5 Å². The minimum atomic E-state index is -0.613. The summed E-state index contributed by atoms with van der Waals surface area (Å²) in [6.07, 6.45) is 5.02. The van der Waals surface area contributed by atoms with Crippen LogP contribution in [0.25, 0.3) is 11.1 Å². The van der Waals surface area contributed by atoms with Gasteiger partial charge in [-0.15, -0.1) is 0 Å². The van der Waals surface area contributed by atoms with Crippen molar-refractivity contribution in [3.63, 3.8) is 0 Å². The molecule has 0 aliphatic carbocycles. The molecule has 0 bridgehead atoms. The number of aromatic nitrogens is 2. The van der Waals surface area contributed by atoms with Gasteiger partial charge in [0.25, 0.3) is 11.5 Å². The van der Waals surface area contributed by atoms with Crippen LogP contribution < -0.4 is 21.1 Å². The Bertz CT molecular complexity index is 1670. The van der Waals surface area contributed by atoms with Gasteiger partial charge < -0.3 is 25.2 Å². The van der Waals surface area contributed by atoms with Crippen molar-refractivity contribution < 1.29 is 9.90 Å². The molecular weight excluding hydrogens is 538 g/mol. The van der Waals surface area contributed by atoms with E-state index in [-0.39, 0.29) is 16.9 Å². The van der Waals surface area contributed by atoms with Gasteiger partial charge in [0.15, 0.2) is 0 Å². The Labute approximate surface area is 253 Å². The van der Waals surface area contributed by atoms with Crippen LogP contribution in [-0.2, 0) is 12.5 Å². The summed E-state index contributed by atoms with van der Waals surface area (Å²) in [5, 5.41) is 16.5. The van der Waals surface area contributed by atoms with Crippen molar-refractivity contribution >= 4 is 28.8 Å². The number of nitrogens with one attached hydrogen (secondary N) is 2.